The fraction of sp³-hybridized carbons (Fsp3) is 0.381. The average Bonchev–Trinajstić information content (AvgIpc) is 2.58. The van der Waals surface area contributed by atoms with Crippen LogP contribution in [0.3, 0.4) is 0 Å². The number of hydrogen-bond donors (Lipinski definition) is 1. The zero-order chi connectivity index (χ0) is 18.4. The van der Waals surface area contributed by atoms with E-state index in [-0.39, 0.29) is 11.9 Å². The molecule has 0 heterocycles. The fourth-order valence-corrected chi connectivity index (χ4v) is 2.90. The summed E-state index contributed by atoms with van der Waals surface area (Å²) in [6.45, 7) is 7.93. The van der Waals surface area contributed by atoms with E-state index in [2.05, 4.69) is 11.4 Å². The third kappa shape index (κ3) is 4.99. The number of benzene rings is 2. The second-order valence-electron chi connectivity index (χ2n) is 6.31. The van der Waals surface area contributed by atoms with Gasteiger partial charge < -0.3 is 14.8 Å². The van der Waals surface area contributed by atoms with E-state index in [1.165, 1.54) is 0 Å². The smallest absolute Gasteiger partial charge is 0.261 e. The molecule has 4 heteroatoms. The summed E-state index contributed by atoms with van der Waals surface area (Å²) in [5.41, 5.74) is 3.18. The van der Waals surface area contributed by atoms with Gasteiger partial charge in [-0.2, -0.15) is 0 Å². The number of aryl methyl sites for hydroxylation is 2. The molecule has 2 aromatic rings. The monoisotopic (exact) mass is 341 g/mol. The van der Waals surface area contributed by atoms with E-state index in [0.29, 0.717) is 6.42 Å². The summed E-state index contributed by atoms with van der Waals surface area (Å²) in [6, 6.07) is 13.5. The number of hydrogen-bond acceptors (Lipinski definition) is 3. The number of para-hydroxylation sites is 1. The minimum Gasteiger partial charge on any atom is -0.496 e. The van der Waals surface area contributed by atoms with Gasteiger partial charge >= 0.3 is 0 Å². The van der Waals surface area contributed by atoms with Gasteiger partial charge in [0.15, 0.2) is 6.10 Å². The Hall–Kier alpha value is -2.49. The first kappa shape index (κ1) is 18.8. The molecule has 25 heavy (non-hydrogen) atoms. The van der Waals surface area contributed by atoms with E-state index in [9.17, 15) is 4.79 Å². The highest BCUT2D eigenvalue weighted by molar-refractivity contribution is 5.81. The highest BCUT2D eigenvalue weighted by atomic mass is 16.5. The summed E-state index contributed by atoms with van der Waals surface area (Å²) in [5.74, 6) is 1.36. The third-order valence-electron chi connectivity index (χ3n) is 4.10. The fourth-order valence-electron chi connectivity index (χ4n) is 2.90. The van der Waals surface area contributed by atoms with Gasteiger partial charge in [-0.1, -0.05) is 31.2 Å². The van der Waals surface area contributed by atoms with Crippen molar-refractivity contribution >= 4 is 5.91 Å². The Labute approximate surface area is 150 Å². The quantitative estimate of drug-likeness (QED) is 0.814. The van der Waals surface area contributed by atoms with Crippen LogP contribution < -0.4 is 14.8 Å². The van der Waals surface area contributed by atoms with E-state index in [1.807, 2.05) is 64.1 Å². The molecule has 0 spiro atoms. The predicted octanol–water partition coefficient (Wildman–Crippen LogP) is 4.35. The Morgan fingerprint density at radius 1 is 1.12 bits per heavy atom. The van der Waals surface area contributed by atoms with Gasteiger partial charge in [0.2, 0.25) is 0 Å². The van der Waals surface area contributed by atoms with E-state index in [4.69, 9.17) is 9.47 Å². The molecule has 0 radical (unpaired) electrons. The maximum atomic E-state index is 12.7. The van der Waals surface area contributed by atoms with Crippen LogP contribution in [-0.2, 0) is 4.79 Å². The van der Waals surface area contributed by atoms with Crippen molar-refractivity contribution in [2.24, 2.45) is 0 Å². The van der Waals surface area contributed by atoms with Crippen molar-refractivity contribution in [2.75, 3.05) is 7.11 Å². The van der Waals surface area contributed by atoms with Gasteiger partial charge in [-0.05, 0) is 56.5 Å². The van der Waals surface area contributed by atoms with E-state index < -0.39 is 6.10 Å². The van der Waals surface area contributed by atoms with E-state index in [1.54, 1.807) is 7.11 Å². The first-order valence-corrected chi connectivity index (χ1v) is 8.62. The van der Waals surface area contributed by atoms with Gasteiger partial charge in [-0.25, -0.2) is 0 Å². The van der Waals surface area contributed by atoms with E-state index >= 15 is 0 Å². The molecule has 1 amide bonds. The van der Waals surface area contributed by atoms with Crippen LogP contribution in [0.4, 0.5) is 0 Å². The lowest BCUT2D eigenvalue weighted by Gasteiger charge is -2.22. The van der Waals surface area contributed by atoms with Crippen molar-refractivity contribution in [1.29, 1.82) is 0 Å². The molecule has 0 fully saturated rings. The number of methoxy groups -OCH3 is 1. The number of nitrogens with one attached hydrogen (secondary N) is 1. The van der Waals surface area contributed by atoms with Gasteiger partial charge in [0.25, 0.3) is 5.91 Å². The summed E-state index contributed by atoms with van der Waals surface area (Å²) in [7, 11) is 1.63. The van der Waals surface area contributed by atoms with Gasteiger partial charge in [0.1, 0.15) is 11.5 Å². The van der Waals surface area contributed by atoms with Crippen molar-refractivity contribution in [3.05, 3.63) is 59.2 Å². The molecule has 0 saturated heterocycles. The maximum Gasteiger partial charge on any atom is 0.261 e. The molecule has 0 aliphatic heterocycles. The summed E-state index contributed by atoms with van der Waals surface area (Å²) in [5, 5.41) is 3.03. The summed E-state index contributed by atoms with van der Waals surface area (Å²) in [6.07, 6.45) is 0.0654. The molecule has 0 saturated carbocycles. The lowest BCUT2D eigenvalue weighted by molar-refractivity contribution is -0.128. The van der Waals surface area contributed by atoms with Crippen LogP contribution in [0.5, 0.6) is 11.5 Å². The molecular formula is C21H27NO3. The first-order chi connectivity index (χ1) is 11.9. The number of carbonyl (C=O) groups is 1. The molecule has 2 rings (SSSR count). The zero-order valence-electron chi connectivity index (χ0n) is 15.6. The molecular weight excluding hydrogens is 314 g/mol. The minimum atomic E-state index is -0.529. The second kappa shape index (κ2) is 8.56. The summed E-state index contributed by atoms with van der Waals surface area (Å²) < 4.78 is 11.3. The molecule has 1 N–H and O–H groups in total. The second-order valence-corrected chi connectivity index (χ2v) is 6.31. The first-order valence-electron chi connectivity index (χ1n) is 8.62. The molecule has 0 aliphatic rings. The predicted molar refractivity (Wildman–Crippen MR) is 100 cm³/mol. The van der Waals surface area contributed by atoms with Crippen LogP contribution in [0, 0.1) is 13.8 Å². The van der Waals surface area contributed by atoms with Crippen molar-refractivity contribution < 1.29 is 14.3 Å². The lowest BCUT2D eigenvalue weighted by Crippen LogP contribution is -2.39. The Bertz CT molecular complexity index is 707. The Morgan fingerprint density at radius 2 is 1.76 bits per heavy atom. The minimum absolute atomic E-state index is 0.125. The van der Waals surface area contributed by atoms with Crippen molar-refractivity contribution in [3.8, 4) is 11.5 Å². The lowest BCUT2D eigenvalue weighted by atomic mass is 10.1. The van der Waals surface area contributed by atoms with Crippen molar-refractivity contribution in [1.82, 2.24) is 5.32 Å². The molecule has 0 aliphatic carbocycles. The number of ether oxygens (including phenoxy) is 2. The molecule has 0 unspecified atom stereocenters. The Morgan fingerprint density at radius 3 is 2.36 bits per heavy atom. The normalized spacial score (nSPS) is 13.0. The van der Waals surface area contributed by atoms with Crippen LogP contribution >= 0.6 is 0 Å². The number of amides is 1. The van der Waals surface area contributed by atoms with Gasteiger partial charge in [-0.15, -0.1) is 0 Å². The summed E-state index contributed by atoms with van der Waals surface area (Å²) in [4.78, 5) is 12.7. The van der Waals surface area contributed by atoms with Crippen LogP contribution in [0.25, 0.3) is 0 Å². The number of rotatable bonds is 7. The third-order valence-corrected chi connectivity index (χ3v) is 4.10. The largest absolute Gasteiger partial charge is 0.496 e. The number of carbonyl (C=O) groups excluding carboxylic acids is 1. The summed E-state index contributed by atoms with van der Waals surface area (Å²) >= 11 is 0. The van der Waals surface area contributed by atoms with Crippen LogP contribution in [0.1, 0.15) is 43.0 Å². The van der Waals surface area contributed by atoms with E-state index in [0.717, 1.165) is 28.2 Å². The topological polar surface area (TPSA) is 47.6 Å². The molecule has 0 aromatic heterocycles. The van der Waals surface area contributed by atoms with Crippen molar-refractivity contribution in [3.63, 3.8) is 0 Å². The highest BCUT2D eigenvalue weighted by Crippen LogP contribution is 2.25. The van der Waals surface area contributed by atoms with Crippen molar-refractivity contribution in [2.45, 2.75) is 46.3 Å². The Balaban J connectivity index is 2.09. The standard InChI is InChI=1S/C21H27NO3/c1-6-19(25-17-12-14(2)11-15(3)13-17)21(23)22-16(4)18-9-7-8-10-20(18)24-5/h7-13,16,19H,6H2,1-5H3,(H,22,23)/t16-,19-/m1/s1. The molecule has 0 bridgehead atoms. The van der Waals surface area contributed by atoms with Gasteiger partial charge in [0, 0.05) is 5.56 Å². The average molecular weight is 341 g/mol. The zero-order valence-corrected chi connectivity index (χ0v) is 15.6. The van der Waals surface area contributed by atoms with Crippen LogP contribution in [-0.4, -0.2) is 19.1 Å². The molecule has 2 atom stereocenters. The van der Waals surface area contributed by atoms with Gasteiger partial charge in [0.05, 0.1) is 13.2 Å². The maximum absolute atomic E-state index is 12.7. The molecule has 4 nitrogen and oxygen atoms in total. The Kier molecular flexibility index (Phi) is 6.45. The highest BCUT2D eigenvalue weighted by Gasteiger charge is 2.22. The van der Waals surface area contributed by atoms with Crippen LogP contribution in [0.15, 0.2) is 42.5 Å². The molecule has 2 aromatic carbocycles. The van der Waals surface area contributed by atoms with Gasteiger partial charge in [-0.3, -0.25) is 4.79 Å². The SMILES string of the molecule is CC[C@@H](Oc1cc(C)cc(C)c1)C(=O)N[C@H](C)c1ccccc1OC. The molecule has 134 valence electrons. The van der Waals surface area contributed by atoms with Crippen LogP contribution in [0.2, 0.25) is 0 Å².